The summed E-state index contributed by atoms with van der Waals surface area (Å²) in [7, 11) is 1.44. The van der Waals surface area contributed by atoms with Crippen LogP contribution in [0, 0.1) is 0 Å². The molecule has 0 amide bonds. The molecule has 1 rings (SSSR count). The zero-order valence-corrected chi connectivity index (χ0v) is 16.0. The molecule has 0 saturated carbocycles. The van der Waals surface area contributed by atoms with Gasteiger partial charge in [-0.15, -0.1) is 0 Å². The van der Waals surface area contributed by atoms with E-state index in [0.717, 1.165) is 51.3 Å². The van der Waals surface area contributed by atoms with Gasteiger partial charge in [-0.2, -0.15) is 11.3 Å². The third-order valence-corrected chi connectivity index (χ3v) is 4.51. The molecule has 1 atom stereocenters. The van der Waals surface area contributed by atoms with Gasteiger partial charge in [0.05, 0.1) is 7.11 Å². The number of methoxy groups -OCH3 is 1. The van der Waals surface area contributed by atoms with Gasteiger partial charge in [0.1, 0.15) is 0 Å². The first-order valence-corrected chi connectivity index (χ1v) is 9.72. The second-order valence-electron chi connectivity index (χ2n) is 5.84. The Morgan fingerprint density at radius 1 is 1.29 bits per heavy atom. The Kier molecular flexibility index (Phi) is 10.9. The number of nitrogens with one attached hydrogen (secondary N) is 2. The van der Waals surface area contributed by atoms with Crippen LogP contribution in [0.15, 0.2) is 21.8 Å². The number of guanidine groups is 1. The fourth-order valence-corrected chi connectivity index (χ4v) is 3.07. The van der Waals surface area contributed by atoms with Gasteiger partial charge in [0.15, 0.2) is 5.96 Å². The average Bonchev–Trinajstić information content (AvgIpc) is 3.12. The van der Waals surface area contributed by atoms with Crippen molar-refractivity contribution in [2.24, 2.45) is 4.99 Å². The van der Waals surface area contributed by atoms with E-state index in [1.165, 1.54) is 12.7 Å². The van der Waals surface area contributed by atoms with Crippen LogP contribution in [0.1, 0.15) is 57.4 Å². The molecule has 0 spiro atoms. The average molecular weight is 354 g/mol. The Hall–Kier alpha value is -1.56. The highest BCUT2D eigenvalue weighted by atomic mass is 32.1. The molecule has 5 nitrogen and oxygen atoms in total. The second-order valence-corrected chi connectivity index (χ2v) is 6.62. The second kappa shape index (κ2) is 12.8. The summed E-state index contributed by atoms with van der Waals surface area (Å²) >= 11 is 1.73. The van der Waals surface area contributed by atoms with Gasteiger partial charge in [-0.05, 0) is 42.2 Å². The molecule has 136 valence electrons. The minimum atomic E-state index is -0.116. The third-order valence-electron chi connectivity index (χ3n) is 3.81. The molecule has 0 fully saturated rings. The lowest BCUT2D eigenvalue weighted by Crippen LogP contribution is -2.38. The van der Waals surface area contributed by atoms with E-state index in [9.17, 15) is 4.79 Å². The monoisotopic (exact) mass is 353 g/mol. The van der Waals surface area contributed by atoms with Crippen LogP contribution >= 0.6 is 11.3 Å². The smallest absolute Gasteiger partial charge is 0.305 e. The normalized spacial score (nSPS) is 12.7. The van der Waals surface area contributed by atoms with Crippen LogP contribution in [0.5, 0.6) is 0 Å². The highest BCUT2D eigenvalue weighted by Crippen LogP contribution is 2.18. The summed E-state index contributed by atoms with van der Waals surface area (Å²) in [5.74, 6) is 1.20. The van der Waals surface area contributed by atoms with Gasteiger partial charge in [-0.3, -0.25) is 9.79 Å². The van der Waals surface area contributed by atoms with Crippen molar-refractivity contribution in [1.29, 1.82) is 0 Å². The number of aliphatic imine (C=N–C) groups is 1. The van der Waals surface area contributed by atoms with Crippen LogP contribution in [0.25, 0.3) is 0 Å². The zero-order chi connectivity index (χ0) is 17.6. The molecule has 1 unspecified atom stereocenters. The highest BCUT2D eigenvalue weighted by Gasteiger charge is 2.06. The fraction of sp³-hybridized carbons (Fsp3) is 0.667. The van der Waals surface area contributed by atoms with Crippen LogP contribution in [-0.2, 0) is 9.53 Å². The van der Waals surface area contributed by atoms with Gasteiger partial charge < -0.3 is 15.4 Å². The van der Waals surface area contributed by atoms with Crippen LogP contribution in [0.4, 0.5) is 0 Å². The van der Waals surface area contributed by atoms with Crippen molar-refractivity contribution in [2.75, 3.05) is 26.7 Å². The maximum atomic E-state index is 11.0. The van der Waals surface area contributed by atoms with Gasteiger partial charge in [0.25, 0.3) is 0 Å². The van der Waals surface area contributed by atoms with E-state index in [2.05, 4.69) is 51.0 Å². The van der Waals surface area contributed by atoms with Crippen LogP contribution in [0.2, 0.25) is 0 Å². The number of hydrogen-bond acceptors (Lipinski definition) is 4. The first-order valence-electron chi connectivity index (χ1n) is 8.78. The predicted molar refractivity (Wildman–Crippen MR) is 102 cm³/mol. The lowest BCUT2D eigenvalue weighted by molar-refractivity contribution is -0.140. The summed E-state index contributed by atoms with van der Waals surface area (Å²) in [5, 5.41) is 11.0. The number of esters is 1. The van der Waals surface area contributed by atoms with Gasteiger partial charge in [-0.25, -0.2) is 0 Å². The molecule has 0 aliphatic rings. The number of hydrogen-bond donors (Lipinski definition) is 2. The highest BCUT2D eigenvalue weighted by molar-refractivity contribution is 7.07. The molecule has 0 aromatic carbocycles. The van der Waals surface area contributed by atoms with Crippen molar-refractivity contribution < 1.29 is 9.53 Å². The quantitative estimate of drug-likeness (QED) is 0.276. The van der Waals surface area contributed by atoms with E-state index in [4.69, 9.17) is 0 Å². The Morgan fingerprint density at radius 2 is 2.08 bits per heavy atom. The molecule has 6 heteroatoms. The molecule has 0 radical (unpaired) electrons. The van der Waals surface area contributed by atoms with Gasteiger partial charge in [0.2, 0.25) is 0 Å². The largest absolute Gasteiger partial charge is 0.469 e. The van der Waals surface area contributed by atoms with E-state index in [-0.39, 0.29) is 5.97 Å². The number of carbonyl (C=O) groups excluding carboxylic acids is 1. The number of thiophene rings is 1. The Morgan fingerprint density at radius 3 is 2.75 bits per heavy atom. The lowest BCUT2D eigenvalue weighted by atomic mass is 10.1. The summed E-state index contributed by atoms with van der Waals surface area (Å²) in [6.45, 7) is 6.82. The first-order chi connectivity index (χ1) is 11.7. The molecule has 24 heavy (non-hydrogen) atoms. The Bertz CT molecular complexity index is 475. The number of unbranched alkanes of at least 4 members (excludes halogenated alkanes) is 3. The van der Waals surface area contributed by atoms with Crippen LogP contribution in [-0.4, -0.2) is 38.7 Å². The van der Waals surface area contributed by atoms with E-state index < -0.39 is 0 Å². The molecular formula is C18H31N3O2S. The predicted octanol–water partition coefficient (Wildman–Crippen LogP) is 3.53. The summed E-state index contributed by atoms with van der Waals surface area (Å²) in [4.78, 5) is 15.7. The van der Waals surface area contributed by atoms with Gasteiger partial charge in [0, 0.05) is 32.0 Å². The third kappa shape index (κ3) is 8.91. The molecule has 1 heterocycles. The number of carbonyl (C=O) groups is 1. The summed E-state index contributed by atoms with van der Waals surface area (Å²) < 4.78 is 4.63. The molecular weight excluding hydrogens is 322 g/mol. The molecule has 1 aromatic heterocycles. The molecule has 2 N–H and O–H groups in total. The molecule has 0 saturated heterocycles. The minimum absolute atomic E-state index is 0.116. The van der Waals surface area contributed by atoms with Crippen molar-refractivity contribution >= 4 is 23.3 Å². The first kappa shape index (κ1) is 20.5. The molecule has 1 aromatic rings. The SMILES string of the molecule is CCNC(=NCC(C)c1ccsc1)NCCCCCCC(=O)OC. The van der Waals surface area contributed by atoms with Crippen LogP contribution < -0.4 is 10.6 Å². The molecule has 0 aliphatic heterocycles. The fourth-order valence-electron chi connectivity index (χ4n) is 2.29. The van der Waals surface area contributed by atoms with Crippen molar-refractivity contribution in [3.8, 4) is 0 Å². The van der Waals surface area contributed by atoms with Gasteiger partial charge >= 0.3 is 5.97 Å². The summed E-state index contributed by atoms with van der Waals surface area (Å²) in [6, 6.07) is 2.17. The Balaban J connectivity index is 2.20. The minimum Gasteiger partial charge on any atom is -0.469 e. The van der Waals surface area contributed by atoms with E-state index in [0.29, 0.717) is 12.3 Å². The van der Waals surface area contributed by atoms with Crippen molar-refractivity contribution in [3.05, 3.63) is 22.4 Å². The van der Waals surface area contributed by atoms with E-state index in [1.54, 1.807) is 11.3 Å². The van der Waals surface area contributed by atoms with Crippen LogP contribution in [0.3, 0.4) is 0 Å². The maximum Gasteiger partial charge on any atom is 0.305 e. The number of ether oxygens (including phenoxy) is 1. The van der Waals surface area contributed by atoms with Crippen molar-refractivity contribution in [2.45, 2.75) is 51.9 Å². The maximum absolute atomic E-state index is 11.0. The van der Waals surface area contributed by atoms with Crippen molar-refractivity contribution in [1.82, 2.24) is 10.6 Å². The zero-order valence-electron chi connectivity index (χ0n) is 15.1. The topological polar surface area (TPSA) is 62.7 Å². The van der Waals surface area contributed by atoms with E-state index >= 15 is 0 Å². The number of rotatable bonds is 11. The molecule has 0 aliphatic carbocycles. The number of nitrogens with zero attached hydrogens (tertiary/aromatic N) is 1. The summed E-state index contributed by atoms with van der Waals surface area (Å²) in [5.41, 5.74) is 1.35. The lowest BCUT2D eigenvalue weighted by Gasteiger charge is -2.13. The standard InChI is InChI=1S/C18H31N3O2S/c1-4-19-18(21-13-15(2)16-10-12-24-14-16)20-11-8-6-5-7-9-17(22)23-3/h10,12,14-15H,4-9,11,13H2,1-3H3,(H2,19,20,21). The van der Waals surface area contributed by atoms with E-state index in [1.807, 2.05) is 0 Å². The van der Waals surface area contributed by atoms with Gasteiger partial charge in [-0.1, -0.05) is 19.8 Å². The van der Waals surface area contributed by atoms with Crippen molar-refractivity contribution in [3.63, 3.8) is 0 Å². The molecule has 0 bridgehead atoms. The summed E-state index contributed by atoms with van der Waals surface area (Å²) in [6.07, 6.45) is 4.66. The Labute approximate surface area is 149 Å².